The third-order valence-electron chi connectivity index (χ3n) is 3.78. The predicted octanol–water partition coefficient (Wildman–Crippen LogP) is 4.18. The summed E-state index contributed by atoms with van der Waals surface area (Å²) >= 11 is 0. The Hall–Kier alpha value is -1.37. The van der Waals surface area contributed by atoms with Gasteiger partial charge >= 0.3 is 0 Å². The van der Waals surface area contributed by atoms with Gasteiger partial charge in [-0.25, -0.2) is 0 Å². The molecule has 0 radical (unpaired) electrons. The summed E-state index contributed by atoms with van der Waals surface area (Å²) in [5.74, 6) is 0.508. The molecule has 0 N–H and O–H groups in total. The third kappa shape index (κ3) is 3.10. The van der Waals surface area contributed by atoms with Gasteiger partial charge in [-0.3, -0.25) is 4.79 Å². The lowest BCUT2D eigenvalue weighted by molar-refractivity contribution is -0.120. The molecule has 0 aliphatic heterocycles. The first-order valence-corrected chi connectivity index (χ1v) is 6.74. The van der Waals surface area contributed by atoms with Gasteiger partial charge in [0.25, 0.3) is 0 Å². The van der Waals surface area contributed by atoms with Gasteiger partial charge in [0.2, 0.25) is 0 Å². The molecule has 1 atom stereocenters. The van der Waals surface area contributed by atoms with Crippen molar-refractivity contribution in [3.63, 3.8) is 0 Å². The molecule has 0 aromatic heterocycles. The summed E-state index contributed by atoms with van der Waals surface area (Å²) in [5.41, 5.74) is 2.76. The molecule has 1 unspecified atom stereocenters. The van der Waals surface area contributed by atoms with Crippen LogP contribution in [-0.4, -0.2) is 5.78 Å². The summed E-state index contributed by atoms with van der Waals surface area (Å²) in [6, 6.07) is 10.5. The molecular weight excluding hydrogens is 220 g/mol. The quantitative estimate of drug-likeness (QED) is 0.777. The van der Waals surface area contributed by atoms with Gasteiger partial charge in [-0.1, -0.05) is 56.7 Å². The van der Waals surface area contributed by atoms with E-state index in [0.29, 0.717) is 5.78 Å². The zero-order valence-electron chi connectivity index (χ0n) is 11.6. The molecule has 0 saturated heterocycles. The van der Waals surface area contributed by atoms with Gasteiger partial charge in [0, 0.05) is 5.92 Å². The zero-order valence-corrected chi connectivity index (χ0v) is 11.6. The van der Waals surface area contributed by atoms with Crippen LogP contribution in [-0.2, 0) is 11.2 Å². The van der Waals surface area contributed by atoms with Gasteiger partial charge in [0.1, 0.15) is 0 Å². The summed E-state index contributed by atoms with van der Waals surface area (Å²) in [4.78, 5) is 12.0. The maximum Gasteiger partial charge on any atom is 0.159 e. The predicted molar refractivity (Wildman–Crippen MR) is 75.4 cm³/mol. The topological polar surface area (TPSA) is 17.1 Å². The fourth-order valence-corrected chi connectivity index (χ4v) is 2.58. The molecule has 18 heavy (non-hydrogen) atoms. The normalized spacial score (nSPS) is 20.1. The van der Waals surface area contributed by atoms with Crippen LogP contribution in [0.3, 0.4) is 0 Å². The molecule has 0 amide bonds. The van der Waals surface area contributed by atoms with Crippen molar-refractivity contribution >= 4 is 5.78 Å². The van der Waals surface area contributed by atoms with E-state index in [1.165, 1.54) is 11.1 Å². The number of benzene rings is 1. The number of hydrogen-bond donors (Lipinski definition) is 0. The zero-order chi connectivity index (χ0) is 13.2. The molecule has 2 rings (SSSR count). The van der Waals surface area contributed by atoms with Crippen LogP contribution in [0.4, 0.5) is 0 Å². The number of hydrogen-bond acceptors (Lipinski definition) is 1. The largest absolute Gasteiger partial charge is 0.295 e. The summed E-state index contributed by atoms with van der Waals surface area (Å²) in [6.45, 7) is 6.47. The van der Waals surface area contributed by atoms with E-state index in [4.69, 9.17) is 0 Å². The Bertz CT molecular complexity index is 448. The average molecular weight is 242 g/mol. The maximum absolute atomic E-state index is 12.0. The van der Waals surface area contributed by atoms with Crippen molar-refractivity contribution in [1.29, 1.82) is 0 Å². The van der Waals surface area contributed by atoms with E-state index in [-0.39, 0.29) is 11.3 Å². The van der Waals surface area contributed by atoms with E-state index in [9.17, 15) is 4.79 Å². The molecule has 1 aliphatic carbocycles. The Morgan fingerprint density at radius 1 is 1.11 bits per heavy atom. The van der Waals surface area contributed by atoms with Gasteiger partial charge in [-0.2, -0.15) is 0 Å². The van der Waals surface area contributed by atoms with E-state index in [0.717, 1.165) is 19.3 Å². The number of ketones is 1. The van der Waals surface area contributed by atoms with Crippen molar-refractivity contribution in [1.82, 2.24) is 0 Å². The SMILES string of the molecule is CC(C)(C)C1CC(CCc2ccccc2)=CC1=O. The standard InChI is InChI=1S/C17H22O/c1-17(2,3)15-11-14(12-16(15)18)10-9-13-7-5-4-6-8-13/h4-8,12,15H,9-11H2,1-3H3. The maximum atomic E-state index is 12.0. The molecule has 96 valence electrons. The lowest BCUT2D eigenvalue weighted by atomic mass is 9.78. The molecule has 0 spiro atoms. The molecule has 1 nitrogen and oxygen atoms in total. The molecule has 1 aliphatic rings. The summed E-state index contributed by atoms with van der Waals surface area (Å²) in [6.07, 6.45) is 4.90. The highest BCUT2D eigenvalue weighted by Crippen LogP contribution is 2.37. The minimum atomic E-state index is 0.0854. The summed E-state index contributed by atoms with van der Waals surface area (Å²) in [7, 11) is 0. The van der Waals surface area contributed by atoms with Crippen molar-refractivity contribution in [3.8, 4) is 0 Å². The van der Waals surface area contributed by atoms with Crippen LogP contribution in [0.15, 0.2) is 42.0 Å². The lowest BCUT2D eigenvalue weighted by Gasteiger charge is -2.25. The van der Waals surface area contributed by atoms with E-state index in [2.05, 4.69) is 45.0 Å². The molecule has 1 aromatic rings. The smallest absolute Gasteiger partial charge is 0.159 e. The van der Waals surface area contributed by atoms with Crippen molar-refractivity contribution < 1.29 is 4.79 Å². The monoisotopic (exact) mass is 242 g/mol. The van der Waals surface area contributed by atoms with Crippen molar-refractivity contribution in [2.45, 2.75) is 40.0 Å². The summed E-state index contributed by atoms with van der Waals surface area (Å²) < 4.78 is 0. The van der Waals surface area contributed by atoms with E-state index in [1.54, 1.807) is 0 Å². The Morgan fingerprint density at radius 2 is 1.78 bits per heavy atom. The van der Waals surface area contributed by atoms with Crippen LogP contribution in [0.1, 0.15) is 39.2 Å². The number of aryl methyl sites for hydroxylation is 1. The second kappa shape index (κ2) is 5.09. The number of allylic oxidation sites excluding steroid dienone is 2. The third-order valence-corrected chi connectivity index (χ3v) is 3.78. The Kier molecular flexibility index (Phi) is 3.70. The first-order chi connectivity index (χ1) is 8.47. The molecule has 0 saturated carbocycles. The van der Waals surface area contributed by atoms with Gasteiger partial charge in [-0.05, 0) is 36.3 Å². The number of carbonyl (C=O) groups excluding carboxylic acids is 1. The highest BCUT2D eigenvalue weighted by molar-refractivity contribution is 5.95. The molecule has 0 heterocycles. The Morgan fingerprint density at radius 3 is 2.33 bits per heavy atom. The first kappa shape index (κ1) is 13.1. The van der Waals surface area contributed by atoms with Crippen LogP contribution in [0.25, 0.3) is 0 Å². The molecular formula is C17H22O. The van der Waals surface area contributed by atoms with E-state index >= 15 is 0 Å². The molecule has 0 fully saturated rings. The second-order valence-electron chi connectivity index (χ2n) is 6.31. The highest BCUT2D eigenvalue weighted by atomic mass is 16.1. The van der Waals surface area contributed by atoms with Crippen LogP contribution >= 0.6 is 0 Å². The van der Waals surface area contributed by atoms with E-state index < -0.39 is 0 Å². The van der Waals surface area contributed by atoms with Crippen molar-refractivity contribution in [2.75, 3.05) is 0 Å². The number of rotatable bonds is 3. The fraction of sp³-hybridized carbons (Fsp3) is 0.471. The van der Waals surface area contributed by atoms with Crippen LogP contribution < -0.4 is 0 Å². The Labute approximate surface area is 110 Å². The average Bonchev–Trinajstić information content (AvgIpc) is 2.69. The first-order valence-electron chi connectivity index (χ1n) is 6.74. The van der Waals surface area contributed by atoms with Gasteiger partial charge in [0.05, 0.1) is 0 Å². The molecule has 1 aromatic carbocycles. The van der Waals surface area contributed by atoms with Crippen LogP contribution in [0, 0.1) is 11.3 Å². The fourth-order valence-electron chi connectivity index (χ4n) is 2.58. The lowest BCUT2D eigenvalue weighted by Crippen LogP contribution is -2.24. The van der Waals surface area contributed by atoms with Crippen molar-refractivity contribution in [3.05, 3.63) is 47.5 Å². The summed E-state index contributed by atoms with van der Waals surface area (Å²) in [5, 5.41) is 0. The van der Waals surface area contributed by atoms with E-state index in [1.807, 2.05) is 12.1 Å². The Balaban J connectivity index is 1.93. The van der Waals surface area contributed by atoms with Crippen LogP contribution in [0.5, 0.6) is 0 Å². The van der Waals surface area contributed by atoms with Crippen molar-refractivity contribution in [2.24, 2.45) is 11.3 Å². The highest BCUT2D eigenvalue weighted by Gasteiger charge is 2.34. The molecule has 1 heteroatoms. The van der Waals surface area contributed by atoms with Gasteiger partial charge in [0.15, 0.2) is 5.78 Å². The van der Waals surface area contributed by atoms with Gasteiger partial charge in [-0.15, -0.1) is 0 Å². The minimum Gasteiger partial charge on any atom is -0.295 e. The molecule has 0 bridgehead atoms. The second-order valence-corrected chi connectivity index (χ2v) is 6.31. The minimum absolute atomic E-state index is 0.0854. The number of carbonyl (C=O) groups is 1. The van der Waals surface area contributed by atoms with Crippen LogP contribution in [0.2, 0.25) is 0 Å². The van der Waals surface area contributed by atoms with Gasteiger partial charge < -0.3 is 0 Å².